The first-order valence-electron chi connectivity index (χ1n) is 4.52. The lowest BCUT2D eigenvalue weighted by Gasteiger charge is -2.39. The first-order chi connectivity index (χ1) is 6.73. The van der Waals surface area contributed by atoms with Crippen LogP contribution in [-0.4, -0.2) is 53.1 Å². The molecule has 0 amide bonds. The van der Waals surface area contributed by atoms with E-state index in [9.17, 15) is 10.2 Å². The highest BCUT2D eigenvalue weighted by Crippen LogP contribution is 2.19. The summed E-state index contributed by atoms with van der Waals surface area (Å²) in [6.45, 7) is 2.71. The van der Waals surface area contributed by atoms with Gasteiger partial charge in [0.2, 0.25) is 0 Å². The third kappa shape index (κ3) is 1.47. The Bertz CT molecular complexity index is 273. The van der Waals surface area contributed by atoms with E-state index in [1.807, 2.05) is 0 Å². The number of rotatable bonds is 1. The van der Waals surface area contributed by atoms with Crippen LogP contribution in [0.3, 0.4) is 0 Å². The van der Waals surface area contributed by atoms with E-state index in [1.54, 1.807) is 4.90 Å². The molecule has 0 aromatic carbocycles. The monoisotopic (exact) mass is 199 g/mol. The Morgan fingerprint density at radius 3 is 2.86 bits per heavy atom. The summed E-state index contributed by atoms with van der Waals surface area (Å²) in [5.41, 5.74) is 0. The molecule has 2 rings (SSSR count). The van der Waals surface area contributed by atoms with Crippen LogP contribution in [0.15, 0.2) is 17.5 Å². The van der Waals surface area contributed by atoms with E-state index in [-0.39, 0.29) is 0 Å². The summed E-state index contributed by atoms with van der Waals surface area (Å²) in [6, 6.07) is 0. The smallest absolute Gasteiger partial charge is 0.350 e. The van der Waals surface area contributed by atoms with Gasteiger partial charge in [0, 0.05) is 26.2 Å². The lowest BCUT2D eigenvalue weighted by molar-refractivity contribution is -0.226. The van der Waals surface area contributed by atoms with Crippen molar-refractivity contribution in [3.8, 4) is 0 Å². The molecule has 3 N–H and O–H groups in total. The Morgan fingerprint density at radius 1 is 1.50 bits per heavy atom. The van der Waals surface area contributed by atoms with E-state index >= 15 is 0 Å². The predicted molar refractivity (Wildman–Crippen MR) is 49.7 cm³/mol. The molecular weight excluding hydrogens is 186 g/mol. The second-order valence-electron chi connectivity index (χ2n) is 3.20. The van der Waals surface area contributed by atoms with E-state index in [0.717, 1.165) is 13.1 Å². The summed E-state index contributed by atoms with van der Waals surface area (Å²) in [7, 11) is 0. The van der Waals surface area contributed by atoms with Gasteiger partial charge >= 0.3 is 5.91 Å². The van der Waals surface area contributed by atoms with Gasteiger partial charge in [-0.05, 0) is 0 Å². The number of nitrogens with one attached hydrogen (secondary N) is 1. The number of hydrogen-bond donors (Lipinski definition) is 3. The lowest BCUT2D eigenvalue weighted by atomic mass is 10.3. The van der Waals surface area contributed by atoms with Crippen LogP contribution in [0.25, 0.3) is 0 Å². The highest BCUT2D eigenvalue weighted by molar-refractivity contribution is 5.82. The van der Waals surface area contributed by atoms with E-state index < -0.39 is 11.8 Å². The van der Waals surface area contributed by atoms with Crippen molar-refractivity contribution >= 4 is 5.90 Å². The van der Waals surface area contributed by atoms with Crippen LogP contribution in [-0.2, 0) is 4.74 Å². The summed E-state index contributed by atoms with van der Waals surface area (Å²) in [6.07, 6.45) is 2.56. The molecule has 78 valence electrons. The molecule has 0 radical (unpaired) electrons. The Balaban J connectivity index is 2.14. The topological polar surface area (TPSA) is 77.3 Å². The normalized spacial score (nSPS) is 33.6. The van der Waals surface area contributed by atoms with Gasteiger partial charge in [-0.2, -0.15) is 0 Å². The van der Waals surface area contributed by atoms with Crippen molar-refractivity contribution in [2.24, 2.45) is 4.99 Å². The Kier molecular flexibility index (Phi) is 2.40. The van der Waals surface area contributed by atoms with Crippen molar-refractivity contribution < 1.29 is 14.9 Å². The van der Waals surface area contributed by atoms with Gasteiger partial charge < -0.3 is 20.3 Å². The molecule has 1 unspecified atom stereocenters. The zero-order chi connectivity index (χ0) is 10.0. The largest absolute Gasteiger partial charge is 0.491 e. The molecule has 14 heavy (non-hydrogen) atoms. The van der Waals surface area contributed by atoms with Crippen LogP contribution in [0.1, 0.15) is 0 Å². The van der Waals surface area contributed by atoms with Gasteiger partial charge in [-0.3, -0.25) is 0 Å². The minimum absolute atomic E-state index is 0.415. The summed E-state index contributed by atoms with van der Waals surface area (Å²) in [4.78, 5) is 5.24. The van der Waals surface area contributed by atoms with Crippen LogP contribution in [0.4, 0.5) is 0 Å². The summed E-state index contributed by atoms with van der Waals surface area (Å²) >= 11 is 0. The molecule has 0 aromatic rings. The van der Waals surface area contributed by atoms with E-state index in [4.69, 9.17) is 4.74 Å². The highest BCUT2D eigenvalue weighted by Gasteiger charge is 2.44. The van der Waals surface area contributed by atoms with Crippen LogP contribution in [0.2, 0.25) is 0 Å². The molecule has 6 nitrogen and oxygen atoms in total. The fraction of sp³-hybridized carbons (Fsp3) is 0.625. The molecule has 2 aliphatic rings. The second-order valence-corrected chi connectivity index (χ2v) is 3.20. The second kappa shape index (κ2) is 3.56. The molecule has 2 aliphatic heterocycles. The molecule has 1 saturated heterocycles. The van der Waals surface area contributed by atoms with Gasteiger partial charge in [-0.25, -0.2) is 9.89 Å². The number of ether oxygens (including phenoxy) is 1. The average molecular weight is 199 g/mol. The highest BCUT2D eigenvalue weighted by atomic mass is 16.7. The minimum Gasteiger partial charge on any atom is -0.491 e. The third-order valence-electron chi connectivity index (χ3n) is 2.33. The van der Waals surface area contributed by atoms with Gasteiger partial charge in [0.15, 0.2) is 0 Å². The number of hydrogen-bond acceptors (Lipinski definition) is 5. The maximum Gasteiger partial charge on any atom is 0.350 e. The zero-order valence-electron chi connectivity index (χ0n) is 7.68. The minimum atomic E-state index is -1.78. The molecule has 0 aromatic heterocycles. The maximum atomic E-state index is 10.0. The number of nitrogens with zero attached hydrogens (tertiary/aromatic N) is 2. The Labute approximate surface area is 81.5 Å². The molecular formula is C8H13N3O3. The molecule has 1 fully saturated rings. The van der Waals surface area contributed by atoms with Gasteiger partial charge in [0.25, 0.3) is 5.90 Å². The van der Waals surface area contributed by atoms with Gasteiger partial charge in [-0.1, -0.05) is 0 Å². The van der Waals surface area contributed by atoms with E-state index in [2.05, 4.69) is 10.3 Å². The van der Waals surface area contributed by atoms with Crippen molar-refractivity contribution in [3.63, 3.8) is 0 Å². The summed E-state index contributed by atoms with van der Waals surface area (Å²) in [5, 5.41) is 22.6. The van der Waals surface area contributed by atoms with E-state index in [0.29, 0.717) is 13.1 Å². The average Bonchev–Trinajstić information content (AvgIpc) is 2.24. The summed E-state index contributed by atoms with van der Waals surface area (Å²) < 4.78 is 5.01. The SMILES string of the molecule is OC1=NC=COC1(O)N1CCNCC1. The zero-order valence-corrected chi connectivity index (χ0v) is 7.68. The van der Waals surface area contributed by atoms with Crippen molar-refractivity contribution in [1.82, 2.24) is 10.2 Å². The fourth-order valence-electron chi connectivity index (χ4n) is 1.55. The number of aliphatic hydroxyl groups excluding tert-OH is 1. The Hall–Kier alpha value is -1.11. The number of piperazine rings is 1. The maximum absolute atomic E-state index is 10.0. The first kappa shape index (κ1) is 9.45. The van der Waals surface area contributed by atoms with E-state index in [1.165, 1.54) is 12.5 Å². The van der Waals surface area contributed by atoms with Gasteiger partial charge in [0.1, 0.15) is 6.26 Å². The third-order valence-corrected chi connectivity index (χ3v) is 2.33. The van der Waals surface area contributed by atoms with Gasteiger partial charge in [-0.15, -0.1) is 0 Å². The molecule has 0 aliphatic carbocycles. The molecule has 0 bridgehead atoms. The van der Waals surface area contributed by atoms with Gasteiger partial charge in [0.05, 0.1) is 6.20 Å². The molecule has 0 saturated carbocycles. The van der Waals surface area contributed by atoms with Crippen LogP contribution in [0.5, 0.6) is 0 Å². The standard InChI is InChI=1S/C8H13N3O3/c12-7-8(13,14-6-3-10-7)11-4-1-9-2-5-11/h3,6,9,13H,1-2,4-5H2,(H,10,12). The fourth-order valence-corrected chi connectivity index (χ4v) is 1.55. The number of aliphatic hydroxyl groups is 2. The molecule has 6 heteroatoms. The predicted octanol–water partition coefficient (Wildman–Crippen LogP) is -1.00. The van der Waals surface area contributed by atoms with Crippen LogP contribution in [0, 0.1) is 0 Å². The van der Waals surface area contributed by atoms with Crippen molar-refractivity contribution in [1.29, 1.82) is 0 Å². The van der Waals surface area contributed by atoms with Crippen LogP contribution < -0.4 is 5.32 Å². The molecule has 1 atom stereocenters. The molecule has 0 spiro atoms. The quantitative estimate of drug-likeness (QED) is 0.504. The molecule has 2 heterocycles. The van der Waals surface area contributed by atoms with Crippen molar-refractivity contribution in [2.75, 3.05) is 26.2 Å². The lowest BCUT2D eigenvalue weighted by Crippen LogP contribution is -2.61. The summed E-state index contributed by atoms with van der Waals surface area (Å²) in [5.74, 6) is -2.20. The van der Waals surface area contributed by atoms with Crippen LogP contribution >= 0.6 is 0 Å². The van der Waals surface area contributed by atoms with Crippen molar-refractivity contribution in [3.05, 3.63) is 12.5 Å². The Morgan fingerprint density at radius 2 is 2.21 bits per heavy atom. The van der Waals surface area contributed by atoms with Crippen molar-refractivity contribution in [2.45, 2.75) is 5.91 Å². The number of aliphatic imine (C=N–C) groups is 1. The first-order valence-corrected chi connectivity index (χ1v) is 4.52.